The molecule has 1 aliphatic heterocycles. The molecule has 170 valence electrons. The van der Waals surface area contributed by atoms with E-state index in [2.05, 4.69) is 4.99 Å². The lowest BCUT2D eigenvalue weighted by Gasteiger charge is -2.30. The van der Waals surface area contributed by atoms with Crippen LogP contribution in [0.25, 0.3) is 10.2 Å². The minimum Gasteiger partial charge on any atom is -0.314 e. The number of carbonyl (C=O) groups is 1. The highest BCUT2D eigenvalue weighted by atomic mass is 32.2. The van der Waals surface area contributed by atoms with Crippen molar-refractivity contribution in [2.75, 3.05) is 13.1 Å². The predicted molar refractivity (Wildman–Crippen MR) is 119 cm³/mol. The summed E-state index contributed by atoms with van der Waals surface area (Å²) in [6, 6.07) is 7.68. The Bertz CT molecular complexity index is 1350. The molecule has 1 fully saturated rings. The summed E-state index contributed by atoms with van der Waals surface area (Å²) >= 11 is 1.02. The van der Waals surface area contributed by atoms with Crippen LogP contribution in [0.2, 0.25) is 0 Å². The lowest BCUT2D eigenvalue weighted by molar-refractivity contribution is 0.0997. The fourth-order valence-electron chi connectivity index (χ4n) is 3.94. The SMILES string of the molecule is CCn1c(=NC(=O)c2ccc(S(=O)(=O)N3CCCC(C)C3)cc2)sc2cc(F)cc(F)c21. The van der Waals surface area contributed by atoms with Gasteiger partial charge in [0.05, 0.1) is 15.1 Å². The van der Waals surface area contributed by atoms with Crippen LogP contribution in [0.5, 0.6) is 0 Å². The Morgan fingerprint density at radius 2 is 1.94 bits per heavy atom. The number of nitrogens with zero attached hydrogens (tertiary/aromatic N) is 3. The third kappa shape index (κ3) is 4.26. The van der Waals surface area contributed by atoms with Gasteiger partial charge < -0.3 is 4.57 Å². The first-order valence-electron chi connectivity index (χ1n) is 10.4. The normalized spacial score (nSPS) is 18.4. The Balaban J connectivity index is 1.65. The molecule has 0 N–H and O–H groups in total. The Hall–Kier alpha value is -2.43. The van der Waals surface area contributed by atoms with Gasteiger partial charge in [-0.15, -0.1) is 0 Å². The molecular formula is C22H23F2N3O3S2. The number of aromatic nitrogens is 1. The number of halogens is 2. The lowest BCUT2D eigenvalue weighted by Crippen LogP contribution is -2.39. The molecule has 6 nitrogen and oxygen atoms in total. The van der Waals surface area contributed by atoms with Crippen LogP contribution in [0, 0.1) is 17.6 Å². The number of fused-ring (bicyclic) bond motifs is 1. The van der Waals surface area contributed by atoms with Crippen molar-refractivity contribution >= 4 is 37.5 Å². The van der Waals surface area contributed by atoms with Crippen molar-refractivity contribution in [1.82, 2.24) is 8.87 Å². The van der Waals surface area contributed by atoms with Crippen molar-refractivity contribution in [2.45, 2.75) is 38.1 Å². The Morgan fingerprint density at radius 1 is 1.22 bits per heavy atom. The van der Waals surface area contributed by atoms with Gasteiger partial charge in [-0.05, 0) is 56.0 Å². The Morgan fingerprint density at radius 3 is 2.59 bits per heavy atom. The predicted octanol–water partition coefficient (Wildman–Crippen LogP) is 4.16. The molecule has 1 unspecified atom stereocenters. The van der Waals surface area contributed by atoms with E-state index in [9.17, 15) is 22.0 Å². The molecule has 1 amide bonds. The molecule has 0 aliphatic carbocycles. The molecule has 0 bridgehead atoms. The molecule has 1 saturated heterocycles. The molecule has 0 saturated carbocycles. The summed E-state index contributed by atoms with van der Waals surface area (Å²) in [5, 5.41) is 0. The molecule has 3 aromatic rings. The van der Waals surface area contributed by atoms with Gasteiger partial charge in [0.1, 0.15) is 5.82 Å². The molecule has 1 aromatic heterocycles. The lowest BCUT2D eigenvalue weighted by atomic mass is 10.0. The van der Waals surface area contributed by atoms with Crippen molar-refractivity contribution in [3.8, 4) is 0 Å². The molecular weight excluding hydrogens is 456 g/mol. The van der Waals surface area contributed by atoms with E-state index in [1.54, 1.807) is 6.92 Å². The van der Waals surface area contributed by atoms with E-state index in [0.717, 1.165) is 30.2 Å². The third-order valence-corrected chi connectivity index (χ3v) is 8.47. The summed E-state index contributed by atoms with van der Waals surface area (Å²) in [4.78, 5) is 17.2. The zero-order valence-corrected chi connectivity index (χ0v) is 19.3. The highest BCUT2D eigenvalue weighted by Crippen LogP contribution is 2.24. The first kappa shape index (κ1) is 22.8. The number of thiazole rings is 1. The molecule has 2 heterocycles. The maximum Gasteiger partial charge on any atom is 0.279 e. The van der Waals surface area contributed by atoms with Crippen molar-refractivity contribution in [2.24, 2.45) is 10.9 Å². The zero-order chi connectivity index (χ0) is 23.0. The molecule has 2 aromatic carbocycles. The van der Waals surface area contributed by atoms with Crippen LogP contribution in [-0.4, -0.2) is 36.3 Å². The molecule has 4 rings (SSSR count). The molecule has 0 radical (unpaired) electrons. The smallest absolute Gasteiger partial charge is 0.279 e. The summed E-state index contributed by atoms with van der Waals surface area (Å²) in [7, 11) is -3.62. The Labute approximate surface area is 188 Å². The topological polar surface area (TPSA) is 71.7 Å². The molecule has 1 aliphatic rings. The number of hydrogen-bond donors (Lipinski definition) is 0. The number of sulfonamides is 1. The van der Waals surface area contributed by atoms with Crippen molar-refractivity contribution in [3.05, 3.63) is 58.4 Å². The van der Waals surface area contributed by atoms with Gasteiger partial charge in [0.15, 0.2) is 10.6 Å². The summed E-state index contributed by atoms with van der Waals surface area (Å²) in [6.07, 6.45) is 1.83. The fourth-order valence-corrected chi connectivity index (χ4v) is 6.67. The third-order valence-electron chi connectivity index (χ3n) is 5.57. The van der Waals surface area contributed by atoms with Crippen LogP contribution in [0.1, 0.15) is 37.0 Å². The van der Waals surface area contributed by atoms with Crippen molar-refractivity contribution < 1.29 is 22.0 Å². The average molecular weight is 480 g/mol. The number of carbonyl (C=O) groups excluding carboxylic acids is 1. The van der Waals surface area contributed by atoms with E-state index >= 15 is 0 Å². The van der Waals surface area contributed by atoms with Crippen LogP contribution in [0.4, 0.5) is 8.78 Å². The highest BCUT2D eigenvalue weighted by Gasteiger charge is 2.28. The van der Waals surface area contributed by atoms with E-state index in [0.29, 0.717) is 30.3 Å². The summed E-state index contributed by atoms with van der Waals surface area (Å²) in [5.74, 6) is -1.69. The maximum atomic E-state index is 14.3. The van der Waals surface area contributed by atoms with Gasteiger partial charge in [-0.2, -0.15) is 9.30 Å². The van der Waals surface area contributed by atoms with Gasteiger partial charge in [-0.25, -0.2) is 17.2 Å². The second-order valence-corrected chi connectivity index (χ2v) is 10.9. The zero-order valence-electron chi connectivity index (χ0n) is 17.7. The second kappa shape index (κ2) is 8.84. The van der Waals surface area contributed by atoms with Gasteiger partial charge in [0.25, 0.3) is 5.91 Å². The van der Waals surface area contributed by atoms with E-state index in [1.807, 2.05) is 6.92 Å². The monoisotopic (exact) mass is 479 g/mol. The Kier molecular flexibility index (Phi) is 6.28. The highest BCUT2D eigenvalue weighted by molar-refractivity contribution is 7.89. The van der Waals surface area contributed by atoms with Gasteiger partial charge in [0.2, 0.25) is 10.0 Å². The van der Waals surface area contributed by atoms with E-state index in [-0.39, 0.29) is 20.8 Å². The average Bonchev–Trinajstić information content (AvgIpc) is 3.10. The quantitative estimate of drug-likeness (QED) is 0.564. The molecule has 0 spiro atoms. The van der Waals surface area contributed by atoms with Crippen LogP contribution in [0.3, 0.4) is 0 Å². The number of piperidine rings is 1. The van der Waals surface area contributed by atoms with E-state index in [4.69, 9.17) is 0 Å². The van der Waals surface area contributed by atoms with Gasteiger partial charge in [-0.3, -0.25) is 4.79 Å². The largest absolute Gasteiger partial charge is 0.314 e. The second-order valence-electron chi connectivity index (χ2n) is 7.92. The number of aryl methyl sites for hydroxylation is 1. The number of hydrogen-bond acceptors (Lipinski definition) is 4. The van der Waals surface area contributed by atoms with E-state index < -0.39 is 27.6 Å². The van der Waals surface area contributed by atoms with Crippen LogP contribution in [0.15, 0.2) is 46.3 Å². The van der Waals surface area contributed by atoms with Crippen molar-refractivity contribution in [1.29, 1.82) is 0 Å². The summed E-state index contributed by atoms with van der Waals surface area (Å²) in [5.41, 5.74) is 0.408. The number of benzene rings is 2. The van der Waals surface area contributed by atoms with Crippen LogP contribution < -0.4 is 4.80 Å². The molecule has 32 heavy (non-hydrogen) atoms. The standard InChI is InChI=1S/C22H23F2N3O3S2/c1-3-27-20-18(24)11-16(23)12-19(20)31-22(27)25-21(28)15-6-8-17(9-7-15)32(29,30)26-10-4-5-14(2)13-26/h6-9,11-12,14H,3-5,10,13H2,1-2H3. The van der Waals surface area contributed by atoms with Crippen molar-refractivity contribution in [3.63, 3.8) is 0 Å². The maximum absolute atomic E-state index is 14.3. The van der Waals surface area contributed by atoms with Gasteiger partial charge in [0, 0.05) is 31.3 Å². The minimum atomic E-state index is -3.62. The first-order chi connectivity index (χ1) is 15.2. The van der Waals surface area contributed by atoms with Gasteiger partial charge in [-0.1, -0.05) is 18.3 Å². The molecule has 10 heteroatoms. The van der Waals surface area contributed by atoms with Crippen LogP contribution >= 0.6 is 11.3 Å². The summed E-state index contributed by atoms with van der Waals surface area (Å²) < 4.78 is 57.0. The first-order valence-corrected chi connectivity index (χ1v) is 12.6. The van der Waals surface area contributed by atoms with Gasteiger partial charge >= 0.3 is 0 Å². The number of rotatable bonds is 4. The van der Waals surface area contributed by atoms with E-state index in [1.165, 1.54) is 39.2 Å². The number of amides is 1. The van der Waals surface area contributed by atoms with Crippen LogP contribution in [-0.2, 0) is 16.6 Å². The fraction of sp³-hybridized carbons (Fsp3) is 0.364. The summed E-state index contributed by atoms with van der Waals surface area (Å²) in [6.45, 7) is 5.13. The minimum absolute atomic E-state index is 0.131. The molecule has 1 atom stereocenters.